The van der Waals surface area contributed by atoms with Crippen LogP contribution in [0.25, 0.3) is 11.3 Å². The molecule has 1 aromatic carbocycles. The Morgan fingerprint density at radius 2 is 1.68 bits per heavy atom. The standard InChI is InChI=1S/C26H26F3N3OS/c1-14-8-15(2)10-16(9-14)18-6-7-30-13-23(18)32-26(33)22-5-4-19(27)25(31-22)24-20(28)11-17(34-3)12-21(24)29/h4-7,11-16H,8-10H2,1-3H3,(H,32,33)/t14-,15?,16-/m1/s1. The summed E-state index contributed by atoms with van der Waals surface area (Å²) in [6.45, 7) is 4.46. The SMILES string of the molecule is CSc1cc(F)c(-c2nc(C(=O)Nc3cnccc3[C@H]3CC(C)C[C@@H](C)C3)ccc2F)c(F)c1. The molecule has 0 radical (unpaired) electrons. The average molecular weight is 486 g/mol. The molecule has 178 valence electrons. The van der Waals surface area contributed by atoms with Crippen LogP contribution in [0, 0.1) is 29.3 Å². The molecule has 1 aliphatic carbocycles. The second kappa shape index (κ2) is 10.2. The Morgan fingerprint density at radius 1 is 1.00 bits per heavy atom. The minimum Gasteiger partial charge on any atom is -0.319 e. The number of aromatic nitrogens is 2. The van der Waals surface area contributed by atoms with Gasteiger partial charge in [0.25, 0.3) is 5.91 Å². The zero-order valence-corrected chi connectivity index (χ0v) is 20.1. The maximum absolute atomic E-state index is 14.6. The number of rotatable bonds is 5. The van der Waals surface area contributed by atoms with Crippen LogP contribution in [-0.4, -0.2) is 22.1 Å². The Labute approximate surface area is 201 Å². The second-order valence-corrected chi connectivity index (χ2v) is 9.90. The molecule has 1 amide bonds. The fourth-order valence-corrected chi connectivity index (χ4v) is 5.33. The second-order valence-electron chi connectivity index (χ2n) is 9.02. The zero-order valence-electron chi connectivity index (χ0n) is 19.2. The van der Waals surface area contributed by atoms with Gasteiger partial charge in [-0.05, 0) is 79.2 Å². The van der Waals surface area contributed by atoms with Crippen molar-refractivity contribution in [3.05, 3.63) is 71.4 Å². The largest absolute Gasteiger partial charge is 0.319 e. The van der Waals surface area contributed by atoms with Crippen molar-refractivity contribution in [1.29, 1.82) is 0 Å². The van der Waals surface area contributed by atoms with Crippen molar-refractivity contribution in [2.45, 2.75) is 43.9 Å². The summed E-state index contributed by atoms with van der Waals surface area (Å²) in [5.41, 5.74) is 0.264. The molecule has 2 aromatic heterocycles. The first-order valence-electron chi connectivity index (χ1n) is 11.2. The van der Waals surface area contributed by atoms with E-state index in [2.05, 4.69) is 29.1 Å². The van der Waals surface area contributed by atoms with Crippen LogP contribution in [-0.2, 0) is 0 Å². The van der Waals surface area contributed by atoms with Crippen LogP contribution in [0.15, 0.2) is 47.6 Å². The molecular formula is C26H26F3N3OS. The van der Waals surface area contributed by atoms with E-state index >= 15 is 0 Å². The molecule has 1 saturated carbocycles. The van der Waals surface area contributed by atoms with E-state index < -0.39 is 34.6 Å². The summed E-state index contributed by atoms with van der Waals surface area (Å²) >= 11 is 1.16. The van der Waals surface area contributed by atoms with E-state index in [1.54, 1.807) is 18.6 Å². The maximum Gasteiger partial charge on any atom is 0.274 e. The number of thioether (sulfide) groups is 1. The number of carbonyl (C=O) groups excluding carboxylic acids is 1. The van der Waals surface area contributed by atoms with Crippen molar-refractivity contribution >= 4 is 23.4 Å². The Morgan fingerprint density at radius 3 is 2.32 bits per heavy atom. The first-order valence-corrected chi connectivity index (χ1v) is 12.4. The summed E-state index contributed by atoms with van der Waals surface area (Å²) in [5, 5.41) is 2.82. The van der Waals surface area contributed by atoms with Gasteiger partial charge in [0.2, 0.25) is 0 Å². The number of benzene rings is 1. The van der Waals surface area contributed by atoms with Crippen LogP contribution in [0.2, 0.25) is 0 Å². The van der Waals surface area contributed by atoms with Gasteiger partial charge in [-0.3, -0.25) is 9.78 Å². The van der Waals surface area contributed by atoms with E-state index in [9.17, 15) is 18.0 Å². The number of carbonyl (C=O) groups is 1. The quantitative estimate of drug-likeness (QED) is 0.393. The number of nitrogens with zero attached hydrogens (tertiary/aromatic N) is 2. The van der Waals surface area contributed by atoms with Crippen molar-refractivity contribution in [2.24, 2.45) is 11.8 Å². The first-order chi connectivity index (χ1) is 16.3. The number of hydrogen-bond donors (Lipinski definition) is 1. The fraction of sp³-hybridized carbons (Fsp3) is 0.346. The van der Waals surface area contributed by atoms with Crippen LogP contribution in [0.5, 0.6) is 0 Å². The molecule has 0 bridgehead atoms. The first kappa shape index (κ1) is 24.3. The molecule has 0 spiro atoms. The third-order valence-corrected chi connectivity index (χ3v) is 7.00. The van der Waals surface area contributed by atoms with Crippen LogP contribution in [0.4, 0.5) is 18.9 Å². The molecule has 1 aliphatic rings. The molecule has 2 heterocycles. The van der Waals surface area contributed by atoms with E-state index in [0.29, 0.717) is 22.4 Å². The molecule has 4 nitrogen and oxygen atoms in total. The maximum atomic E-state index is 14.6. The van der Waals surface area contributed by atoms with Gasteiger partial charge in [0.1, 0.15) is 28.8 Å². The predicted octanol–water partition coefficient (Wildman–Crippen LogP) is 7.07. The Bertz CT molecular complexity index is 1190. The van der Waals surface area contributed by atoms with E-state index in [1.165, 1.54) is 12.5 Å². The monoisotopic (exact) mass is 485 g/mol. The lowest BCUT2D eigenvalue weighted by Crippen LogP contribution is -2.21. The van der Waals surface area contributed by atoms with Crippen molar-refractivity contribution in [3.63, 3.8) is 0 Å². The van der Waals surface area contributed by atoms with E-state index in [4.69, 9.17) is 0 Å². The van der Waals surface area contributed by atoms with Crippen LogP contribution in [0.1, 0.15) is 55.1 Å². The zero-order chi connectivity index (χ0) is 24.4. The molecule has 0 saturated heterocycles. The summed E-state index contributed by atoms with van der Waals surface area (Å²) in [6, 6.07) is 6.33. The van der Waals surface area contributed by atoms with Gasteiger partial charge in [0, 0.05) is 11.1 Å². The summed E-state index contributed by atoms with van der Waals surface area (Å²) in [4.78, 5) is 21.5. The molecule has 1 N–H and O–H groups in total. The van der Waals surface area contributed by atoms with Crippen molar-refractivity contribution in [2.75, 3.05) is 11.6 Å². The number of nitrogens with one attached hydrogen (secondary N) is 1. The Kier molecular flexibility index (Phi) is 7.26. The van der Waals surface area contributed by atoms with Gasteiger partial charge in [-0.1, -0.05) is 13.8 Å². The Hall–Kier alpha value is -2.87. The molecular weight excluding hydrogens is 459 g/mol. The molecule has 0 aliphatic heterocycles. The highest BCUT2D eigenvalue weighted by Crippen LogP contribution is 2.41. The summed E-state index contributed by atoms with van der Waals surface area (Å²) in [5.74, 6) is -1.96. The number of anilines is 1. The highest BCUT2D eigenvalue weighted by Gasteiger charge is 2.27. The van der Waals surface area contributed by atoms with Gasteiger partial charge in [-0.2, -0.15) is 0 Å². The van der Waals surface area contributed by atoms with Crippen molar-refractivity contribution in [1.82, 2.24) is 9.97 Å². The smallest absolute Gasteiger partial charge is 0.274 e. The minimum atomic E-state index is -0.941. The molecule has 8 heteroatoms. The van der Waals surface area contributed by atoms with Crippen LogP contribution >= 0.6 is 11.8 Å². The molecule has 34 heavy (non-hydrogen) atoms. The highest BCUT2D eigenvalue weighted by molar-refractivity contribution is 7.98. The van der Waals surface area contributed by atoms with E-state index in [1.807, 2.05) is 6.07 Å². The van der Waals surface area contributed by atoms with E-state index in [0.717, 1.165) is 48.4 Å². The van der Waals surface area contributed by atoms with E-state index in [-0.39, 0.29) is 11.6 Å². The molecule has 1 fully saturated rings. The predicted molar refractivity (Wildman–Crippen MR) is 128 cm³/mol. The van der Waals surface area contributed by atoms with Gasteiger partial charge in [0.15, 0.2) is 0 Å². The number of halogens is 3. The lowest BCUT2D eigenvalue weighted by molar-refractivity contribution is 0.102. The van der Waals surface area contributed by atoms with Crippen LogP contribution in [0.3, 0.4) is 0 Å². The van der Waals surface area contributed by atoms with Crippen molar-refractivity contribution in [3.8, 4) is 11.3 Å². The normalized spacial score (nSPS) is 20.2. The number of hydrogen-bond acceptors (Lipinski definition) is 4. The third kappa shape index (κ3) is 5.12. The van der Waals surface area contributed by atoms with Gasteiger partial charge in [-0.15, -0.1) is 11.8 Å². The minimum absolute atomic E-state index is 0.149. The summed E-state index contributed by atoms with van der Waals surface area (Å²) < 4.78 is 43.7. The summed E-state index contributed by atoms with van der Waals surface area (Å²) in [7, 11) is 0. The molecule has 3 aromatic rings. The topological polar surface area (TPSA) is 54.9 Å². The van der Waals surface area contributed by atoms with Gasteiger partial charge in [0.05, 0.1) is 17.4 Å². The Balaban J connectivity index is 1.64. The molecule has 3 atom stereocenters. The van der Waals surface area contributed by atoms with Gasteiger partial charge in [-0.25, -0.2) is 18.2 Å². The number of amides is 1. The lowest BCUT2D eigenvalue weighted by atomic mass is 9.74. The lowest BCUT2D eigenvalue weighted by Gasteiger charge is -2.32. The summed E-state index contributed by atoms with van der Waals surface area (Å²) in [6.07, 6.45) is 8.17. The molecule has 1 unspecified atom stereocenters. The van der Waals surface area contributed by atoms with Gasteiger partial charge < -0.3 is 5.32 Å². The van der Waals surface area contributed by atoms with Crippen LogP contribution < -0.4 is 5.32 Å². The number of pyridine rings is 2. The van der Waals surface area contributed by atoms with Gasteiger partial charge >= 0.3 is 0 Å². The highest BCUT2D eigenvalue weighted by atomic mass is 32.2. The average Bonchev–Trinajstić information content (AvgIpc) is 2.79. The fourth-order valence-electron chi connectivity index (χ4n) is 4.89. The molecule has 4 rings (SSSR count). The third-order valence-electron chi connectivity index (χ3n) is 6.29. The van der Waals surface area contributed by atoms with Crippen molar-refractivity contribution < 1.29 is 18.0 Å².